The topological polar surface area (TPSA) is 29.9 Å². The van der Waals surface area contributed by atoms with E-state index in [2.05, 4.69) is 49.0 Å². The summed E-state index contributed by atoms with van der Waals surface area (Å²) >= 11 is 0. The second-order valence-electron chi connectivity index (χ2n) is 5.87. The van der Waals surface area contributed by atoms with Crippen LogP contribution in [0.15, 0.2) is 12.4 Å². The van der Waals surface area contributed by atoms with Gasteiger partial charge in [0.2, 0.25) is 0 Å². The molecule has 1 aliphatic heterocycles. The van der Waals surface area contributed by atoms with Gasteiger partial charge in [-0.2, -0.15) is 5.10 Å². The fourth-order valence-electron chi connectivity index (χ4n) is 2.42. The first-order valence-corrected chi connectivity index (χ1v) is 6.27. The highest BCUT2D eigenvalue weighted by atomic mass is 15.3. The average molecular weight is 221 g/mol. The third-order valence-corrected chi connectivity index (χ3v) is 3.49. The standard InChI is InChI=1S/C13H23N3/c1-10(2)11-8-15-16(9-11)12-5-6-14-13(3,4)7-12/h8-10,12,14H,5-7H2,1-4H3. The molecule has 0 amide bonds. The molecule has 1 saturated heterocycles. The number of aromatic nitrogens is 2. The van der Waals surface area contributed by atoms with Gasteiger partial charge in [0.05, 0.1) is 12.2 Å². The summed E-state index contributed by atoms with van der Waals surface area (Å²) in [6.45, 7) is 10.1. The lowest BCUT2D eigenvalue weighted by atomic mass is 9.89. The molecule has 0 spiro atoms. The van der Waals surface area contributed by atoms with Crippen molar-refractivity contribution >= 4 is 0 Å². The highest BCUT2D eigenvalue weighted by Crippen LogP contribution is 2.28. The molecule has 0 aromatic carbocycles. The monoisotopic (exact) mass is 221 g/mol. The maximum atomic E-state index is 4.52. The predicted octanol–water partition coefficient (Wildman–Crippen LogP) is 2.71. The highest BCUT2D eigenvalue weighted by Gasteiger charge is 2.28. The van der Waals surface area contributed by atoms with Crippen LogP contribution in [0.3, 0.4) is 0 Å². The zero-order valence-electron chi connectivity index (χ0n) is 10.8. The van der Waals surface area contributed by atoms with Crippen molar-refractivity contribution in [3.63, 3.8) is 0 Å². The lowest BCUT2D eigenvalue weighted by Gasteiger charge is -2.36. The van der Waals surface area contributed by atoms with E-state index in [0.29, 0.717) is 12.0 Å². The molecule has 0 aliphatic carbocycles. The van der Waals surface area contributed by atoms with Gasteiger partial charge in [0.25, 0.3) is 0 Å². The first-order chi connectivity index (χ1) is 7.48. The van der Waals surface area contributed by atoms with Crippen LogP contribution in [-0.4, -0.2) is 21.9 Å². The van der Waals surface area contributed by atoms with Crippen molar-refractivity contribution in [2.45, 2.75) is 58.0 Å². The van der Waals surface area contributed by atoms with Crippen LogP contribution in [0.1, 0.15) is 58.1 Å². The van der Waals surface area contributed by atoms with Crippen molar-refractivity contribution in [3.8, 4) is 0 Å². The summed E-state index contributed by atoms with van der Waals surface area (Å²) in [4.78, 5) is 0. The minimum Gasteiger partial charge on any atom is -0.312 e. The second-order valence-corrected chi connectivity index (χ2v) is 5.87. The lowest BCUT2D eigenvalue weighted by Crippen LogP contribution is -2.46. The van der Waals surface area contributed by atoms with Crippen LogP contribution in [0.5, 0.6) is 0 Å². The Labute approximate surface area is 98.2 Å². The first kappa shape index (κ1) is 11.6. The van der Waals surface area contributed by atoms with Gasteiger partial charge in [-0.3, -0.25) is 4.68 Å². The molecule has 0 saturated carbocycles. The molecule has 1 atom stereocenters. The second kappa shape index (κ2) is 4.21. The molecule has 90 valence electrons. The molecule has 1 aromatic rings. The van der Waals surface area contributed by atoms with Crippen molar-refractivity contribution in [3.05, 3.63) is 18.0 Å². The van der Waals surface area contributed by atoms with Gasteiger partial charge < -0.3 is 5.32 Å². The van der Waals surface area contributed by atoms with E-state index in [1.807, 2.05) is 6.20 Å². The largest absolute Gasteiger partial charge is 0.312 e. The van der Waals surface area contributed by atoms with Crippen LogP contribution in [0, 0.1) is 0 Å². The fraction of sp³-hybridized carbons (Fsp3) is 0.769. The molecule has 1 N–H and O–H groups in total. The Kier molecular flexibility index (Phi) is 3.06. The molecule has 1 unspecified atom stereocenters. The summed E-state index contributed by atoms with van der Waals surface area (Å²) in [5, 5.41) is 8.06. The third kappa shape index (κ3) is 2.46. The van der Waals surface area contributed by atoms with E-state index in [-0.39, 0.29) is 5.54 Å². The van der Waals surface area contributed by atoms with Crippen molar-refractivity contribution in [1.29, 1.82) is 0 Å². The van der Waals surface area contributed by atoms with Crippen LogP contribution < -0.4 is 5.32 Å². The molecular weight excluding hydrogens is 198 g/mol. The molecule has 2 rings (SSSR count). The van der Waals surface area contributed by atoms with E-state index in [0.717, 1.165) is 13.0 Å². The van der Waals surface area contributed by atoms with E-state index in [1.165, 1.54) is 12.0 Å². The molecular formula is C13H23N3. The summed E-state index contributed by atoms with van der Waals surface area (Å²) < 4.78 is 2.16. The smallest absolute Gasteiger partial charge is 0.0548 e. The van der Waals surface area contributed by atoms with Gasteiger partial charge in [-0.05, 0) is 44.7 Å². The van der Waals surface area contributed by atoms with Crippen LogP contribution in [0.2, 0.25) is 0 Å². The van der Waals surface area contributed by atoms with Crippen LogP contribution >= 0.6 is 0 Å². The van der Waals surface area contributed by atoms with Crippen LogP contribution in [0.25, 0.3) is 0 Å². The molecule has 1 fully saturated rings. The maximum absolute atomic E-state index is 4.52. The summed E-state index contributed by atoms with van der Waals surface area (Å²) in [5.74, 6) is 0.573. The minimum absolute atomic E-state index is 0.243. The zero-order chi connectivity index (χ0) is 11.8. The number of piperidine rings is 1. The van der Waals surface area contributed by atoms with E-state index < -0.39 is 0 Å². The molecule has 0 bridgehead atoms. The predicted molar refractivity (Wildman–Crippen MR) is 66.7 cm³/mol. The molecule has 3 nitrogen and oxygen atoms in total. The Balaban J connectivity index is 2.11. The van der Waals surface area contributed by atoms with Gasteiger partial charge in [0.1, 0.15) is 0 Å². The minimum atomic E-state index is 0.243. The number of hydrogen-bond acceptors (Lipinski definition) is 2. The Morgan fingerprint density at radius 1 is 1.50 bits per heavy atom. The summed E-state index contributed by atoms with van der Waals surface area (Å²) in [5.41, 5.74) is 1.59. The van der Waals surface area contributed by atoms with Crippen molar-refractivity contribution in [2.24, 2.45) is 0 Å². The summed E-state index contributed by atoms with van der Waals surface area (Å²) in [6.07, 6.45) is 6.57. The van der Waals surface area contributed by atoms with Gasteiger partial charge >= 0.3 is 0 Å². The fourth-order valence-corrected chi connectivity index (χ4v) is 2.42. The van der Waals surface area contributed by atoms with E-state index >= 15 is 0 Å². The van der Waals surface area contributed by atoms with E-state index in [4.69, 9.17) is 0 Å². The van der Waals surface area contributed by atoms with Crippen LogP contribution in [-0.2, 0) is 0 Å². The average Bonchev–Trinajstić information content (AvgIpc) is 2.64. The van der Waals surface area contributed by atoms with E-state index in [9.17, 15) is 0 Å². The Bertz CT molecular complexity index is 352. The van der Waals surface area contributed by atoms with Gasteiger partial charge in [-0.1, -0.05) is 13.8 Å². The molecule has 0 radical (unpaired) electrons. The summed E-state index contributed by atoms with van der Waals surface area (Å²) in [7, 11) is 0. The normalized spacial score (nSPS) is 24.9. The molecule has 1 aliphatic rings. The van der Waals surface area contributed by atoms with Crippen molar-refractivity contribution < 1.29 is 0 Å². The van der Waals surface area contributed by atoms with Gasteiger partial charge in [0.15, 0.2) is 0 Å². The lowest BCUT2D eigenvalue weighted by molar-refractivity contribution is 0.221. The first-order valence-electron chi connectivity index (χ1n) is 6.27. The maximum Gasteiger partial charge on any atom is 0.0548 e. The Hall–Kier alpha value is -0.830. The third-order valence-electron chi connectivity index (χ3n) is 3.49. The number of nitrogens with zero attached hydrogens (tertiary/aromatic N) is 2. The molecule has 3 heteroatoms. The van der Waals surface area contributed by atoms with Crippen molar-refractivity contribution in [2.75, 3.05) is 6.54 Å². The number of hydrogen-bond donors (Lipinski definition) is 1. The van der Waals surface area contributed by atoms with Crippen molar-refractivity contribution in [1.82, 2.24) is 15.1 Å². The Morgan fingerprint density at radius 3 is 2.81 bits per heavy atom. The van der Waals surface area contributed by atoms with E-state index in [1.54, 1.807) is 0 Å². The van der Waals surface area contributed by atoms with Gasteiger partial charge in [0, 0.05) is 11.7 Å². The van der Waals surface area contributed by atoms with Gasteiger partial charge in [-0.25, -0.2) is 0 Å². The Morgan fingerprint density at radius 2 is 2.25 bits per heavy atom. The molecule has 1 aromatic heterocycles. The molecule has 2 heterocycles. The SMILES string of the molecule is CC(C)c1cnn(C2CCNC(C)(C)C2)c1. The van der Waals surface area contributed by atoms with Crippen LogP contribution in [0.4, 0.5) is 0 Å². The zero-order valence-corrected chi connectivity index (χ0v) is 10.8. The summed E-state index contributed by atoms with van der Waals surface area (Å²) in [6, 6.07) is 0.559. The highest BCUT2D eigenvalue weighted by molar-refractivity contribution is 5.09. The molecule has 16 heavy (non-hydrogen) atoms. The van der Waals surface area contributed by atoms with Gasteiger partial charge in [-0.15, -0.1) is 0 Å². The number of rotatable bonds is 2. The quantitative estimate of drug-likeness (QED) is 0.832. The number of nitrogens with one attached hydrogen (secondary N) is 1.